The van der Waals surface area contributed by atoms with Gasteiger partial charge in [-0.05, 0) is 56.8 Å². The largest absolute Gasteiger partial charge is 0.330 e. The van der Waals surface area contributed by atoms with Crippen LogP contribution in [0.1, 0.15) is 29.5 Å². The van der Waals surface area contributed by atoms with Crippen LogP contribution in [-0.2, 0) is 6.54 Å². The molecule has 0 aromatic heterocycles. The molecule has 0 bridgehead atoms. The molecule has 2 heteroatoms. The molecule has 2 rings (SSSR count). The van der Waals surface area contributed by atoms with E-state index in [0.717, 1.165) is 13.1 Å². The average molecular weight is 232 g/mol. The van der Waals surface area contributed by atoms with Crippen molar-refractivity contribution in [3.05, 3.63) is 34.9 Å². The van der Waals surface area contributed by atoms with Crippen molar-refractivity contribution >= 4 is 0 Å². The van der Waals surface area contributed by atoms with Gasteiger partial charge in [-0.3, -0.25) is 4.90 Å². The number of likely N-dealkylation sites (tertiary alicyclic amines) is 1. The second kappa shape index (κ2) is 5.65. The van der Waals surface area contributed by atoms with E-state index in [0.29, 0.717) is 5.92 Å². The molecule has 1 atom stereocenters. The van der Waals surface area contributed by atoms with Gasteiger partial charge in [0.25, 0.3) is 0 Å². The number of nitrogens with zero attached hydrogens (tertiary/aromatic N) is 1. The van der Waals surface area contributed by atoms with Crippen molar-refractivity contribution in [3.8, 4) is 0 Å². The molecular formula is C15H24N2. The third-order valence-corrected chi connectivity index (χ3v) is 3.84. The minimum absolute atomic E-state index is 0.703. The van der Waals surface area contributed by atoms with E-state index in [9.17, 15) is 0 Å². The topological polar surface area (TPSA) is 29.3 Å². The molecule has 1 aliphatic rings. The van der Waals surface area contributed by atoms with Crippen LogP contribution in [0.5, 0.6) is 0 Å². The summed E-state index contributed by atoms with van der Waals surface area (Å²) in [7, 11) is 0. The van der Waals surface area contributed by atoms with Gasteiger partial charge in [-0.1, -0.05) is 23.8 Å². The highest BCUT2D eigenvalue weighted by molar-refractivity contribution is 5.30. The van der Waals surface area contributed by atoms with Crippen molar-refractivity contribution in [2.45, 2.75) is 33.2 Å². The number of rotatable bonds is 3. The van der Waals surface area contributed by atoms with Crippen LogP contribution in [0.25, 0.3) is 0 Å². The van der Waals surface area contributed by atoms with E-state index in [4.69, 9.17) is 5.73 Å². The SMILES string of the molecule is Cc1ccc(C)c(CN2CCCC(CN)C2)c1. The van der Waals surface area contributed by atoms with Gasteiger partial charge in [-0.15, -0.1) is 0 Å². The van der Waals surface area contributed by atoms with Crippen LogP contribution in [0, 0.1) is 19.8 Å². The maximum Gasteiger partial charge on any atom is 0.0236 e. The first-order valence-corrected chi connectivity index (χ1v) is 6.67. The van der Waals surface area contributed by atoms with Crippen LogP contribution in [0.4, 0.5) is 0 Å². The van der Waals surface area contributed by atoms with E-state index in [1.807, 2.05) is 0 Å². The van der Waals surface area contributed by atoms with Crippen molar-refractivity contribution in [1.82, 2.24) is 4.90 Å². The van der Waals surface area contributed by atoms with Crippen LogP contribution in [-0.4, -0.2) is 24.5 Å². The molecule has 2 N–H and O–H groups in total. The van der Waals surface area contributed by atoms with Gasteiger partial charge >= 0.3 is 0 Å². The zero-order chi connectivity index (χ0) is 12.3. The maximum absolute atomic E-state index is 5.79. The van der Waals surface area contributed by atoms with Crippen LogP contribution >= 0.6 is 0 Å². The van der Waals surface area contributed by atoms with Gasteiger partial charge in [0.05, 0.1) is 0 Å². The Labute approximate surface area is 105 Å². The highest BCUT2D eigenvalue weighted by atomic mass is 15.1. The predicted molar refractivity (Wildman–Crippen MR) is 73.0 cm³/mol. The lowest BCUT2D eigenvalue weighted by Crippen LogP contribution is -2.37. The molecule has 1 unspecified atom stereocenters. The van der Waals surface area contributed by atoms with Crippen LogP contribution in [0.15, 0.2) is 18.2 Å². The molecular weight excluding hydrogens is 208 g/mol. The standard InChI is InChI=1S/C15H24N2/c1-12-5-6-13(2)15(8-12)11-17-7-3-4-14(9-16)10-17/h5-6,8,14H,3-4,7,9-11,16H2,1-2H3. The van der Waals surface area contributed by atoms with E-state index in [1.165, 1.54) is 42.6 Å². The number of benzene rings is 1. The molecule has 0 saturated carbocycles. The Bertz CT molecular complexity index is 373. The zero-order valence-electron chi connectivity index (χ0n) is 11.1. The molecule has 1 heterocycles. The monoisotopic (exact) mass is 232 g/mol. The molecule has 0 spiro atoms. The van der Waals surface area contributed by atoms with Crippen LogP contribution < -0.4 is 5.73 Å². The number of hydrogen-bond donors (Lipinski definition) is 1. The van der Waals surface area contributed by atoms with Gasteiger partial charge in [-0.2, -0.15) is 0 Å². The number of hydrogen-bond acceptors (Lipinski definition) is 2. The summed E-state index contributed by atoms with van der Waals surface area (Å²) in [5.41, 5.74) is 10.0. The smallest absolute Gasteiger partial charge is 0.0236 e. The first kappa shape index (κ1) is 12.6. The highest BCUT2D eigenvalue weighted by Crippen LogP contribution is 2.19. The van der Waals surface area contributed by atoms with E-state index >= 15 is 0 Å². The van der Waals surface area contributed by atoms with Gasteiger partial charge < -0.3 is 5.73 Å². The molecule has 17 heavy (non-hydrogen) atoms. The van der Waals surface area contributed by atoms with Gasteiger partial charge in [0.2, 0.25) is 0 Å². The Hall–Kier alpha value is -0.860. The van der Waals surface area contributed by atoms with Gasteiger partial charge in [0, 0.05) is 13.1 Å². The first-order chi connectivity index (χ1) is 8.19. The van der Waals surface area contributed by atoms with Crippen molar-refractivity contribution in [2.75, 3.05) is 19.6 Å². The maximum atomic E-state index is 5.79. The third-order valence-electron chi connectivity index (χ3n) is 3.84. The molecule has 1 aromatic carbocycles. The first-order valence-electron chi connectivity index (χ1n) is 6.67. The molecule has 1 aliphatic heterocycles. The second-order valence-electron chi connectivity index (χ2n) is 5.41. The molecule has 94 valence electrons. The lowest BCUT2D eigenvalue weighted by molar-refractivity contribution is 0.171. The Morgan fingerprint density at radius 1 is 1.35 bits per heavy atom. The average Bonchev–Trinajstić information content (AvgIpc) is 2.34. The summed E-state index contributed by atoms with van der Waals surface area (Å²) < 4.78 is 0. The summed E-state index contributed by atoms with van der Waals surface area (Å²) in [4.78, 5) is 2.56. The van der Waals surface area contributed by atoms with Crippen molar-refractivity contribution in [2.24, 2.45) is 11.7 Å². The molecule has 0 amide bonds. The Balaban J connectivity index is 2.02. The van der Waals surface area contributed by atoms with Crippen molar-refractivity contribution < 1.29 is 0 Å². The summed E-state index contributed by atoms with van der Waals surface area (Å²) in [6.07, 6.45) is 2.60. The lowest BCUT2D eigenvalue weighted by Gasteiger charge is -2.32. The molecule has 0 radical (unpaired) electrons. The summed E-state index contributed by atoms with van der Waals surface area (Å²) in [6, 6.07) is 6.74. The third kappa shape index (κ3) is 3.30. The molecule has 1 aromatic rings. The number of aryl methyl sites for hydroxylation is 2. The van der Waals surface area contributed by atoms with Gasteiger partial charge in [0.15, 0.2) is 0 Å². The normalized spacial score (nSPS) is 21.7. The van der Waals surface area contributed by atoms with Gasteiger partial charge in [-0.25, -0.2) is 0 Å². The highest BCUT2D eigenvalue weighted by Gasteiger charge is 2.18. The number of piperidine rings is 1. The summed E-state index contributed by atoms with van der Waals surface area (Å²) >= 11 is 0. The van der Waals surface area contributed by atoms with Crippen molar-refractivity contribution in [1.29, 1.82) is 0 Å². The minimum atomic E-state index is 0.703. The van der Waals surface area contributed by atoms with Gasteiger partial charge in [0.1, 0.15) is 0 Å². The lowest BCUT2D eigenvalue weighted by atomic mass is 9.97. The van der Waals surface area contributed by atoms with E-state index in [-0.39, 0.29) is 0 Å². The summed E-state index contributed by atoms with van der Waals surface area (Å²) in [5, 5.41) is 0. The van der Waals surface area contributed by atoms with E-state index in [1.54, 1.807) is 0 Å². The zero-order valence-corrected chi connectivity index (χ0v) is 11.1. The second-order valence-corrected chi connectivity index (χ2v) is 5.41. The van der Waals surface area contributed by atoms with Crippen LogP contribution in [0.2, 0.25) is 0 Å². The molecule has 2 nitrogen and oxygen atoms in total. The predicted octanol–water partition coefficient (Wildman–Crippen LogP) is 2.47. The minimum Gasteiger partial charge on any atom is -0.330 e. The van der Waals surface area contributed by atoms with E-state index in [2.05, 4.69) is 36.9 Å². The molecule has 0 aliphatic carbocycles. The summed E-state index contributed by atoms with van der Waals surface area (Å²) in [5.74, 6) is 0.703. The fourth-order valence-corrected chi connectivity index (χ4v) is 2.70. The quantitative estimate of drug-likeness (QED) is 0.867. The molecule has 1 fully saturated rings. The Kier molecular flexibility index (Phi) is 4.19. The fraction of sp³-hybridized carbons (Fsp3) is 0.600. The molecule has 1 saturated heterocycles. The van der Waals surface area contributed by atoms with E-state index < -0.39 is 0 Å². The Morgan fingerprint density at radius 2 is 2.18 bits per heavy atom. The fourth-order valence-electron chi connectivity index (χ4n) is 2.70. The van der Waals surface area contributed by atoms with Crippen LogP contribution in [0.3, 0.4) is 0 Å². The number of nitrogens with two attached hydrogens (primary N) is 1. The van der Waals surface area contributed by atoms with Crippen molar-refractivity contribution in [3.63, 3.8) is 0 Å². The summed E-state index contributed by atoms with van der Waals surface area (Å²) in [6.45, 7) is 8.70. The Morgan fingerprint density at radius 3 is 2.94 bits per heavy atom.